The first-order valence-electron chi connectivity index (χ1n) is 6.87. The first-order valence-corrected chi connectivity index (χ1v) is 7.62. The summed E-state index contributed by atoms with van der Waals surface area (Å²) in [6.07, 6.45) is 6.40. The molecule has 2 aliphatic carbocycles. The fourth-order valence-corrected chi connectivity index (χ4v) is 4.18. The lowest BCUT2D eigenvalue weighted by atomic mass is 10.0. The van der Waals surface area contributed by atoms with Gasteiger partial charge in [0.15, 0.2) is 0 Å². The lowest BCUT2D eigenvalue weighted by Gasteiger charge is -2.13. The number of hydrogen-bond acceptors (Lipinski definition) is 1. The largest absolute Gasteiger partial charge is 0.327 e. The maximum atomic E-state index is 6.39. The van der Waals surface area contributed by atoms with Crippen LogP contribution in [0.3, 0.4) is 0 Å². The summed E-state index contributed by atoms with van der Waals surface area (Å²) in [4.78, 5) is 0. The summed E-state index contributed by atoms with van der Waals surface area (Å²) in [5.74, 6) is 2.51. The minimum absolute atomic E-state index is 0.245. The molecule has 0 aromatic heterocycles. The molecule has 0 radical (unpaired) electrons. The summed E-state index contributed by atoms with van der Waals surface area (Å²) in [5.41, 5.74) is 7.49. The van der Waals surface area contributed by atoms with Gasteiger partial charge in [-0.15, -0.1) is 0 Å². The molecule has 0 saturated heterocycles. The molecule has 0 amide bonds. The fraction of sp³-hybridized carbons (Fsp3) is 0.600. The summed E-state index contributed by atoms with van der Waals surface area (Å²) < 4.78 is 0. The van der Waals surface area contributed by atoms with Crippen molar-refractivity contribution in [1.29, 1.82) is 0 Å². The highest BCUT2D eigenvalue weighted by Crippen LogP contribution is 2.57. The Hall–Kier alpha value is -0.240. The molecule has 2 fully saturated rings. The number of rotatable bonds is 3. The number of benzene rings is 1. The highest BCUT2D eigenvalue weighted by molar-refractivity contribution is 6.42. The molecule has 18 heavy (non-hydrogen) atoms. The molecule has 1 aromatic carbocycles. The molecular formula is C15H19Cl2N. The molecule has 0 heterocycles. The van der Waals surface area contributed by atoms with Gasteiger partial charge in [-0.3, -0.25) is 0 Å². The average molecular weight is 284 g/mol. The van der Waals surface area contributed by atoms with Gasteiger partial charge in [-0.05, 0) is 48.6 Å². The second kappa shape index (κ2) is 5.03. The second-order valence-electron chi connectivity index (χ2n) is 5.77. The first kappa shape index (κ1) is 12.8. The summed E-state index contributed by atoms with van der Waals surface area (Å²) in [5, 5.41) is 1.31. The van der Waals surface area contributed by atoms with E-state index in [0.29, 0.717) is 10.0 Å². The molecule has 3 unspecified atom stereocenters. The quantitative estimate of drug-likeness (QED) is 0.880. The Morgan fingerprint density at radius 1 is 1.17 bits per heavy atom. The zero-order chi connectivity index (χ0) is 12.7. The third-order valence-corrected chi connectivity index (χ3v) is 5.56. The standard InChI is InChI=1S/C15H19Cl2N/c16-12-7-3-4-9(15(12)17)8-13(18)14-10-5-1-2-6-11(10)14/h3-4,7,10-11,13-14H,1-2,5-6,8,18H2. The Morgan fingerprint density at radius 2 is 1.83 bits per heavy atom. The molecule has 3 atom stereocenters. The highest BCUT2D eigenvalue weighted by atomic mass is 35.5. The normalized spacial score (nSPS) is 31.8. The number of fused-ring (bicyclic) bond motifs is 1. The number of nitrogens with two attached hydrogens (primary N) is 1. The highest BCUT2D eigenvalue weighted by Gasteiger charge is 2.52. The van der Waals surface area contributed by atoms with Gasteiger partial charge in [0, 0.05) is 6.04 Å². The molecule has 3 heteroatoms. The molecule has 2 N–H and O–H groups in total. The van der Waals surface area contributed by atoms with Crippen LogP contribution in [0.4, 0.5) is 0 Å². The van der Waals surface area contributed by atoms with E-state index in [1.165, 1.54) is 25.7 Å². The van der Waals surface area contributed by atoms with Crippen molar-refractivity contribution in [2.24, 2.45) is 23.5 Å². The summed E-state index contributed by atoms with van der Waals surface area (Å²) in [7, 11) is 0. The van der Waals surface area contributed by atoms with Crippen LogP contribution in [0.2, 0.25) is 10.0 Å². The molecule has 3 rings (SSSR count). The SMILES string of the molecule is NC(Cc1cccc(Cl)c1Cl)C1C2CCCCC21. The van der Waals surface area contributed by atoms with E-state index >= 15 is 0 Å². The number of hydrogen-bond donors (Lipinski definition) is 1. The molecule has 1 nitrogen and oxygen atoms in total. The lowest BCUT2D eigenvalue weighted by molar-refractivity contribution is 0.480. The molecule has 2 aliphatic rings. The van der Waals surface area contributed by atoms with Crippen molar-refractivity contribution in [1.82, 2.24) is 0 Å². The van der Waals surface area contributed by atoms with Gasteiger partial charge in [-0.1, -0.05) is 48.2 Å². The fourth-order valence-electron chi connectivity index (χ4n) is 3.78. The molecule has 0 aliphatic heterocycles. The van der Waals surface area contributed by atoms with Crippen LogP contribution in [0.5, 0.6) is 0 Å². The van der Waals surface area contributed by atoms with Gasteiger partial charge in [0.1, 0.15) is 0 Å². The van der Waals surface area contributed by atoms with Crippen molar-refractivity contribution in [2.75, 3.05) is 0 Å². The predicted octanol–water partition coefficient (Wildman–Crippen LogP) is 4.30. The predicted molar refractivity (Wildman–Crippen MR) is 77.1 cm³/mol. The van der Waals surface area contributed by atoms with Gasteiger partial charge in [0.05, 0.1) is 10.0 Å². The molecule has 0 spiro atoms. The minimum atomic E-state index is 0.245. The van der Waals surface area contributed by atoms with Crippen LogP contribution in [0.1, 0.15) is 31.2 Å². The van der Waals surface area contributed by atoms with E-state index in [0.717, 1.165) is 29.7 Å². The maximum Gasteiger partial charge on any atom is 0.0624 e. The number of halogens is 2. The zero-order valence-electron chi connectivity index (χ0n) is 10.4. The van der Waals surface area contributed by atoms with E-state index in [1.54, 1.807) is 0 Å². The minimum Gasteiger partial charge on any atom is -0.327 e. The van der Waals surface area contributed by atoms with Gasteiger partial charge in [0.2, 0.25) is 0 Å². The molecule has 1 aromatic rings. The monoisotopic (exact) mass is 283 g/mol. The van der Waals surface area contributed by atoms with Crippen LogP contribution in [0.15, 0.2) is 18.2 Å². The Kier molecular flexibility index (Phi) is 3.57. The van der Waals surface area contributed by atoms with Crippen molar-refractivity contribution in [2.45, 2.75) is 38.1 Å². The van der Waals surface area contributed by atoms with E-state index in [9.17, 15) is 0 Å². The van der Waals surface area contributed by atoms with Crippen LogP contribution in [-0.4, -0.2) is 6.04 Å². The van der Waals surface area contributed by atoms with Crippen LogP contribution in [0.25, 0.3) is 0 Å². The topological polar surface area (TPSA) is 26.0 Å². The van der Waals surface area contributed by atoms with Crippen LogP contribution >= 0.6 is 23.2 Å². The van der Waals surface area contributed by atoms with E-state index in [4.69, 9.17) is 28.9 Å². The van der Waals surface area contributed by atoms with Gasteiger partial charge in [-0.25, -0.2) is 0 Å². The molecular weight excluding hydrogens is 265 g/mol. The third-order valence-electron chi connectivity index (χ3n) is 4.70. The van der Waals surface area contributed by atoms with Gasteiger partial charge in [0.25, 0.3) is 0 Å². The molecule has 98 valence electrons. The van der Waals surface area contributed by atoms with Crippen molar-refractivity contribution in [3.05, 3.63) is 33.8 Å². The molecule has 2 saturated carbocycles. The van der Waals surface area contributed by atoms with Crippen LogP contribution < -0.4 is 5.73 Å². The Morgan fingerprint density at radius 3 is 2.50 bits per heavy atom. The Bertz CT molecular complexity index is 434. The van der Waals surface area contributed by atoms with Crippen molar-refractivity contribution < 1.29 is 0 Å². The lowest BCUT2D eigenvalue weighted by Crippen LogP contribution is -2.27. The zero-order valence-corrected chi connectivity index (χ0v) is 11.9. The van der Waals surface area contributed by atoms with Crippen LogP contribution in [0, 0.1) is 17.8 Å². The van der Waals surface area contributed by atoms with E-state index in [-0.39, 0.29) is 6.04 Å². The van der Waals surface area contributed by atoms with E-state index in [2.05, 4.69) is 0 Å². The summed E-state index contributed by atoms with van der Waals surface area (Å²) in [6, 6.07) is 6.07. The summed E-state index contributed by atoms with van der Waals surface area (Å²) >= 11 is 12.3. The van der Waals surface area contributed by atoms with Gasteiger partial charge < -0.3 is 5.73 Å². The molecule has 0 bridgehead atoms. The van der Waals surface area contributed by atoms with Crippen molar-refractivity contribution in [3.8, 4) is 0 Å². The van der Waals surface area contributed by atoms with Gasteiger partial charge >= 0.3 is 0 Å². The van der Waals surface area contributed by atoms with E-state index in [1.807, 2.05) is 18.2 Å². The van der Waals surface area contributed by atoms with Crippen molar-refractivity contribution >= 4 is 23.2 Å². The van der Waals surface area contributed by atoms with Crippen molar-refractivity contribution in [3.63, 3.8) is 0 Å². The Balaban J connectivity index is 1.68. The maximum absolute atomic E-state index is 6.39. The third kappa shape index (κ3) is 2.29. The van der Waals surface area contributed by atoms with Crippen LogP contribution in [-0.2, 0) is 6.42 Å². The smallest absolute Gasteiger partial charge is 0.0624 e. The second-order valence-corrected chi connectivity index (χ2v) is 6.56. The average Bonchev–Trinajstić information content (AvgIpc) is 3.09. The first-order chi connectivity index (χ1) is 8.68. The van der Waals surface area contributed by atoms with E-state index < -0.39 is 0 Å². The Labute approximate surface area is 119 Å². The van der Waals surface area contributed by atoms with Gasteiger partial charge in [-0.2, -0.15) is 0 Å². The summed E-state index contributed by atoms with van der Waals surface area (Å²) in [6.45, 7) is 0.